The van der Waals surface area contributed by atoms with E-state index < -0.39 is 8.32 Å². The summed E-state index contributed by atoms with van der Waals surface area (Å²) in [6.45, 7) is 11.8. The topological polar surface area (TPSA) is 38.5 Å². The third-order valence-corrected chi connectivity index (χ3v) is 10.4. The fraction of sp³-hybridized carbons (Fsp3) is 0.308. The number of nitrogens with two attached hydrogens (primary N) is 1. The van der Waals surface area contributed by atoms with Crippen LogP contribution in [0, 0.1) is 0 Å². The van der Waals surface area contributed by atoms with E-state index in [1.165, 1.54) is 5.56 Å². The maximum Gasteiger partial charge on any atom is 0.250 e. The number of nitrogens with zero attached hydrogens (tertiary/aromatic N) is 1. The lowest BCUT2D eigenvalue weighted by atomic mass is 10.0. The van der Waals surface area contributed by atoms with Gasteiger partial charge in [-0.3, -0.25) is 0 Å². The van der Waals surface area contributed by atoms with Crippen LogP contribution in [0.15, 0.2) is 84.9 Å². The Hall–Kier alpha value is -2.56. The molecule has 0 saturated heterocycles. The number of rotatable bonds is 7. The van der Waals surface area contributed by atoms with Crippen LogP contribution in [0.25, 0.3) is 0 Å². The van der Waals surface area contributed by atoms with Gasteiger partial charge in [0.05, 0.1) is 6.04 Å². The number of anilines is 2. The van der Waals surface area contributed by atoms with Gasteiger partial charge in [-0.1, -0.05) is 69.3 Å². The number of hydrogen-bond donors (Lipinski definition) is 1. The summed E-state index contributed by atoms with van der Waals surface area (Å²) in [4.78, 5) is 2.31. The summed E-state index contributed by atoms with van der Waals surface area (Å²) in [7, 11) is -1.86. The summed E-state index contributed by atoms with van der Waals surface area (Å²) < 4.78 is 6.46. The molecule has 0 amide bonds. The highest BCUT2D eigenvalue weighted by atomic mass is 28.4. The molecule has 30 heavy (non-hydrogen) atoms. The molecule has 3 aromatic rings. The van der Waals surface area contributed by atoms with Crippen molar-refractivity contribution in [2.45, 2.75) is 44.9 Å². The highest BCUT2D eigenvalue weighted by Gasteiger charge is 2.39. The lowest BCUT2D eigenvalue weighted by Crippen LogP contribution is -2.43. The lowest BCUT2D eigenvalue weighted by molar-refractivity contribution is 0.492. The fourth-order valence-electron chi connectivity index (χ4n) is 3.28. The molecule has 0 radical (unpaired) electrons. The first-order valence-electron chi connectivity index (χ1n) is 10.6. The van der Waals surface area contributed by atoms with Crippen LogP contribution in [0.5, 0.6) is 5.75 Å². The molecule has 3 nitrogen and oxygen atoms in total. The van der Waals surface area contributed by atoms with Gasteiger partial charge in [-0.2, -0.15) is 0 Å². The molecule has 0 aliphatic heterocycles. The van der Waals surface area contributed by atoms with Crippen molar-refractivity contribution >= 4 is 19.7 Å². The lowest BCUT2D eigenvalue weighted by Gasteiger charge is -2.37. The molecule has 3 aromatic carbocycles. The van der Waals surface area contributed by atoms with E-state index in [1.807, 2.05) is 12.1 Å². The predicted molar refractivity (Wildman–Crippen MR) is 131 cm³/mol. The SMILES string of the molecule is CC(C)(C)[Si](C)(C)Oc1ccc(C(CN)N(c2ccccc2)c2ccccc2)cc1. The number of benzene rings is 3. The highest BCUT2D eigenvalue weighted by molar-refractivity contribution is 6.74. The van der Waals surface area contributed by atoms with Crippen molar-refractivity contribution in [1.29, 1.82) is 0 Å². The Labute approximate surface area is 182 Å². The largest absolute Gasteiger partial charge is 0.544 e. The van der Waals surface area contributed by atoms with Crippen molar-refractivity contribution in [1.82, 2.24) is 0 Å². The third-order valence-electron chi connectivity index (χ3n) is 6.05. The Morgan fingerprint density at radius 3 is 1.67 bits per heavy atom. The Kier molecular flexibility index (Phi) is 6.69. The molecule has 2 N–H and O–H groups in total. The molecule has 0 aliphatic carbocycles. The van der Waals surface area contributed by atoms with Gasteiger partial charge in [0.2, 0.25) is 8.32 Å². The molecular weight excluding hydrogens is 384 g/mol. The molecule has 0 aliphatic rings. The summed E-state index contributed by atoms with van der Waals surface area (Å²) >= 11 is 0. The summed E-state index contributed by atoms with van der Waals surface area (Å²) in [5.41, 5.74) is 9.74. The second-order valence-corrected chi connectivity index (χ2v) is 13.9. The van der Waals surface area contributed by atoms with Crippen LogP contribution < -0.4 is 15.1 Å². The Morgan fingerprint density at radius 1 is 0.800 bits per heavy atom. The van der Waals surface area contributed by atoms with Gasteiger partial charge in [-0.25, -0.2) is 0 Å². The molecule has 0 heterocycles. The minimum Gasteiger partial charge on any atom is -0.544 e. The van der Waals surface area contributed by atoms with E-state index in [9.17, 15) is 0 Å². The minimum absolute atomic E-state index is 0.0247. The highest BCUT2D eigenvalue weighted by Crippen LogP contribution is 2.38. The summed E-state index contributed by atoms with van der Waals surface area (Å²) in [6, 6.07) is 29.4. The van der Waals surface area contributed by atoms with Gasteiger partial charge >= 0.3 is 0 Å². The zero-order chi connectivity index (χ0) is 21.8. The van der Waals surface area contributed by atoms with Crippen molar-refractivity contribution < 1.29 is 4.43 Å². The van der Waals surface area contributed by atoms with Crippen LogP contribution in [0.2, 0.25) is 18.1 Å². The Bertz CT molecular complexity index is 879. The summed E-state index contributed by atoms with van der Waals surface area (Å²) in [6.07, 6.45) is 0. The van der Waals surface area contributed by atoms with Crippen LogP contribution in [0.1, 0.15) is 32.4 Å². The quantitative estimate of drug-likeness (QED) is 0.424. The van der Waals surface area contributed by atoms with E-state index >= 15 is 0 Å². The molecule has 0 spiro atoms. The molecule has 0 fully saturated rings. The van der Waals surface area contributed by atoms with Crippen molar-refractivity contribution in [3.05, 3.63) is 90.5 Å². The van der Waals surface area contributed by atoms with Gasteiger partial charge in [-0.05, 0) is 60.1 Å². The predicted octanol–water partition coefficient (Wildman–Crippen LogP) is 6.91. The maximum atomic E-state index is 6.46. The molecule has 1 unspecified atom stereocenters. The zero-order valence-corrected chi connectivity index (χ0v) is 19.8. The molecule has 0 aromatic heterocycles. The molecular formula is C26H34N2OSi. The molecule has 1 atom stereocenters. The summed E-state index contributed by atoms with van der Waals surface area (Å²) in [5.74, 6) is 0.937. The Morgan fingerprint density at radius 2 is 1.27 bits per heavy atom. The second kappa shape index (κ2) is 9.07. The fourth-order valence-corrected chi connectivity index (χ4v) is 4.31. The van der Waals surface area contributed by atoms with Gasteiger partial charge in [0.1, 0.15) is 5.75 Å². The van der Waals surface area contributed by atoms with Crippen molar-refractivity contribution in [3.8, 4) is 5.75 Å². The van der Waals surface area contributed by atoms with E-state index in [-0.39, 0.29) is 11.1 Å². The average Bonchev–Trinajstić information content (AvgIpc) is 2.73. The minimum atomic E-state index is -1.86. The third kappa shape index (κ3) is 4.94. The van der Waals surface area contributed by atoms with Gasteiger partial charge in [0, 0.05) is 17.9 Å². The van der Waals surface area contributed by atoms with E-state index in [1.54, 1.807) is 0 Å². The van der Waals surface area contributed by atoms with Crippen LogP contribution in [0.3, 0.4) is 0 Å². The van der Waals surface area contributed by atoms with Gasteiger partial charge in [0.25, 0.3) is 0 Å². The molecule has 4 heteroatoms. The van der Waals surface area contributed by atoms with Crippen LogP contribution in [-0.4, -0.2) is 14.9 Å². The van der Waals surface area contributed by atoms with E-state index in [4.69, 9.17) is 10.2 Å². The number of hydrogen-bond acceptors (Lipinski definition) is 3. The molecule has 158 valence electrons. The van der Waals surface area contributed by atoms with E-state index in [0.717, 1.165) is 17.1 Å². The monoisotopic (exact) mass is 418 g/mol. The van der Waals surface area contributed by atoms with Crippen molar-refractivity contribution in [2.75, 3.05) is 11.4 Å². The van der Waals surface area contributed by atoms with Crippen molar-refractivity contribution in [3.63, 3.8) is 0 Å². The maximum absolute atomic E-state index is 6.46. The van der Waals surface area contributed by atoms with E-state index in [2.05, 4.69) is 112 Å². The van der Waals surface area contributed by atoms with E-state index in [0.29, 0.717) is 6.54 Å². The zero-order valence-electron chi connectivity index (χ0n) is 18.8. The van der Waals surface area contributed by atoms with Crippen molar-refractivity contribution in [2.24, 2.45) is 5.73 Å². The first-order chi connectivity index (χ1) is 14.2. The molecule has 3 rings (SSSR count). The van der Waals surface area contributed by atoms with Crippen LogP contribution in [0.4, 0.5) is 11.4 Å². The van der Waals surface area contributed by atoms with Gasteiger partial charge < -0.3 is 15.1 Å². The normalized spacial score (nSPS) is 13.0. The average molecular weight is 419 g/mol. The Balaban J connectivity index is 1.93. The first kappa shape index (κ1) is 22.1. The van der Waals surface area contributed by atoms with Crippen LogP contribution in [-0.2, 0) is 0 Å². The summed E-state index contributed by atoms with van der Waals surface area (Å²) in [5, 5.41) is 0.170. The molecule has 0 saturated carbocycles. The standard InChI is InChI=1S/C26H34N2OSi/c1-26(2,3)30(4,5)29-24-18-16-21(17-19-24)25(20-27)28(22-12-8-6-9-13-22)23-14-10-7-11-15-23/h6-19,25H,20,27H2,1-5H3. The smallest absolute Gasteiger partial charge is 0.250 e. The van der Waals surface area contributed by atoms with Gasteiger partial charge in [0.15, 0.2) is 0 Å². The molecule has 0 bridgehead atoms. The first-order valence-corrected chi connectivity index (χ1v) is 13.5. The van der Waals surface area contributed by atoms with Gasteiger partial charge in [-0.15, -0.1) is 0 Å². The van der Waals surface area contributed by atoms with Crippen LogP contribution >= 0.6 is 0 Å². The second-order valence-electron chi connectivity index (χ2n) is 9.22. The number of para-hydroxylation sites is 2.